The second-order valence-corrected chi connectivity index (χ2v) is 5.48. The molecule has 7 heteroatoms. The lowest BCUT2D eigenvalue weighted by atomic mass is 10.1. The van der Waals surface area contributed by atoms with Gasteiger partial charge in [-0.05, 0) is 36.8 Å². The summed E-state index contributed by atoms with van der Waals surface area (Å²) in [5.41, 5.74) is 2.80. The number of carbonyl (C=O) groups is 1. The molecule has 0 aliphatic heterocycles. The van der Waals surface area contributed by atoms with E-state index in [1.165, 1.54) is 0 Å². The maximum absolute atomic E-state index is 11.7. The maximum atomic E-state index is 11.7. The molecular formula is C19H26IN5O. The van der Waals surface area contributed by atoms with Crippen LogP contribution in [-0.4, -0.2) is 37.0 Å². The molecule has 0 aliphatic rings. The molecule has 0 atom stereocenters. The number of halogens is 1. The fourth-order valence-electron chi connectivity index (χ4n) is 2.30. The molecule has 0 unspecified atom stereocenters. The Kier molecular flexibility index (Phi) is 10.3. The summed E-state index contributed by atoms with van der Waals surface area (Å²) in [6.45, 7) is 3.93. The summed E-state index contributed by atoms with van der Waals surface area (Å²) in [7, 11) is 1.74. The molecule has 2 rings (SSSR count). The molecule has 1 aromatic carbocycles. The van der Waals surface area contributed by atoms with E-state index in [1.54, 1.807) is 13.2 Å². The topological polar surface area (TPSA) is 78.4 Å². The molecular weight excluding hydrogens is 441 g/mol. The van der Waals surface area contributed by atoms with Crippen molar-refractivity contribution in [2.24, 2.45) is 4.99 Å². The van der Waals surface area contributed by atoms with E-state index < -0.39 is 0 Å². The van der Waals surface area contributed by atoms with Crippen molar-refractivity contribution in [1.29, 1.82) is 0 Å². The zero-order valence-electron chi connectivity index (χ0n) is 15.2. The molecule has 0 saturated heterocycles. The Balaban J connectivity index is 0.00000338. The number of hydrogen-bond donors (Lipinski definition) is 3. The lowest BCUT2D eigenvalue weighted by Gasteiger charge is -2.12. The Bertz CT molecular complexity index is 689. The van der Waals surface area contributed by atoms with Gasteiger partial charge in [-0.2, -0.15) is 0 Å². The van der Waals surface area contributed by atoms with Crippen molar-refractivity contribution in [3.8, 4) is 0 Å². The summed E-state index contributed by atoms with van der Waals surface area (Å²) in [6.07, 6.45) is 2.63. The summed E-state index contributed by atoms with van der Waals surface area (Å²) in [6, 6.07) is 13.5. The van der Waals surface area contributed by atoms with Gasteiger partial charge in [0.05, 0.1) is 0 Å². The monoisotopic (exact) mass is 467 g/mol. The van der Waals surface area contributed by atoms with E-state index in [0.717, 1.165) is 30.2 Å². The third-order valence-corrected chi connectivity index (χ3v) is 3.64. The van der Waals surface area contributed by atoms with Crippen LogP contribution >= 0.6 is 24.0 Å². The summed E-state index contributed by atoms with van der Waals surface area (Å²) < 4.78 is 0. The van der Waals surface area contributed by atoms with Crippen molar-refractivity contribution in [2.75, 3.05) is 20.1 Å². The molecule has 1 amide bonds. The van der Waals surface area contributed by atoms with Gasteiger partial charge in [-0.15, -0.1) is 24.0 Å². The van der Waals surface area contributed by atoms with Crippen molar-refractivity contribution in [3.05, 3.63) is 65.5 Å². The van der Waals surface area contributed by atoms with Gasteiger partial charge in [0.15, 0.2) is 5.96 Å². The summed E-state index contributed by atoms with van der Waals surface area (Å²) in [5.74, 6) is 0.692. The van der Waals surface area contributed by atoms with Crippen LogP contribution in [0.3, 0.4) is 0 Å². The van der Waals surface area contributed by atoms with Crippen molar-refractivity contribution >= 4 is 35.8 Å². The van der Waals surface area contributed by atoms with Crippen LogP contribution in [0.15, 0.2) is 53.7 Å². The molecule has 1 heterocycles. The van der Waals surface area contributed by atoms with E-state index in [-0.39, 0.29) is 29.9 Å². The first-order valence-electron chi connectivity index (χ1n) is 8.44. The van der Waals surface area contributed by atoms with Crippen molar-refractivity contribution < 1.29 is 4.79 Å². The number of rotatable bonds is 7. The third-order valence-electron chi connectivity index (χ3n) is 3.64. The molecule has 2 aromatic rings. The minimum absolute atomic E-state index is 0. The Morgan fingerprint density at radius 3 is 2.46 bits per heavy atom. The van der Waals surface area contributed by atoms with Crippen LogP contribution in [0.1, 0.15) is 28.5 Å². The average Bonchev–Trinajstić information content (AvgIpc) is 2.66. The van der Waals surface area contributed by atoms with Crippen molar-refractivity contribution in [2.45, 2.75) is 19.9 Å². The van der Waals surface area contributed by atoms with Gasteiger partial charge in [-0.25, -0.2) is 0 Å². The summed E-state index contributed by atoms with van der Waals surface area (Å²) >= 11 is 0. The largest absolute Gasteiger partial charge is 0.356 e. The average molecular weight is 467 g/mol. The highest BCUT2D eigenvalue weighted by molar-refractivity contribution is 14.0. The number of carbonyl (C=O) groups excluding carboxylic acids is 1. The molecule has 3 N–H and O–H groups in total. The van der Waals surface area contributed by atoms with E-state index >= 15 is 0 Å². The highest BCUT2D eigenvalue weighted by atomic mass is 127. The molecule has 0 saturated carbocycles. The van der Waals surface area contributed by atoms with E-state index in [1.807, 2.05) is 49.4 Å². The van der Waals surface area contributed by atoms with Gasteiger partial charge in [0.2, 0.25) is 0 Å². The molecule has 0 spiro atoms. The van der Waals surface area contributed by atoms with Gasteiger partial charge in [0.25, 0.3) is 5.91 Å². The number of nitrogens with one attached hydrogen (secondary N) is 3. The van der Waals surface area contributed by atoms with Crippen LogP contribution in [0, 0.1) is 0 Å². The normalized spacial score (nSPS) is 10.6. The zero-order chi connectivity index (χ0) is 17.9. The predicted octanol–water partition coefficient (Wildman–Crippen LogP) is 2.36. The minimum atomic E-state index is -0.0472. The van der Waals surface area contributed by atoms with Gasteiger partial charge in [0.1, 0.15) is 0 Å². The SMILES string of the molecule is CCNC(=O)c1ccc(CNC(=NC)NCCc2ccccn2)cc1.I. The number of hydrogen-bond acceptors (Lipinski definition) is 3. The summed E-state index contributed by atoms with van der Waals surface area (Å²) in [5, 5.41) is 9.32. The highest BCUT2D eigenvalue weighted by Crippen LogP contribution is 2.04. The van der Waals surface area contributed by atoms with Gasteiger partial charge in [-0.3, -0.25) is 14.8 Å². The fourth-order valence-corrected chi connectivity index (χ4v) is 2.30. The van der Waals surface area contributed by atoms with Gasteiger partial charge < -0.3 is 16.0 Å². The molecule has 26 heavy (non-hydrogen) atoms. The smallest absolute Gasteiger partial charge is 0.251 e. The standard InChI is InChI=1S/C19H25N5O.HI/c1-3-21-18(25)16-9-7-15(8-10-16)14-24-19(20-2)23-13-11-17-6-4-5-12-22-17;/h4-10,12H,3,11,13-14H2,1-2H3,(H,21,25)(H2,20,23,24);1H. The Hall–Kier alpha value is -2.16. The Morgan fingerprint density at radius 2 is 1.85 bits per heavy atom. The van der Waals surface area contributed by atoms with Gasteiger partial charge >= 0.3 is 0 Å². The number of amides is 1. The van der Waals surface area contributed by atoms with Gasteiger partial charge in [-0.1, -0.05) is 18.2 Å². The van der Waals surface area contributed by atoms with E-state index in [4.69, 9.17) is 0 Å². The molecule has 0 aliphatic carbocycles. The molecule has 6 nitrogen and oxygen atoms in total. The van der Waals surface area contributed by atoms with Crippen LogP contribution in [0.5, 0.6) is 0 Å². The molecule has 0 radical (unpaired) electrons. The minimum Gasteiger partial charge on any atom is -0.356 e. The summed E-state index contributed by atoms with van der Waals surface area (Å²) in [4.78, 5) is 20.3. The number of nitrogens with zero attached hydrogens (tertiary/aromatic N) is 2. The maximum Gasteiger partial charge on any atom is 0.251 e. The lowest BCUT2D eigenvalue weighted by Crippen LogP contribution is -2.37. The van der Waals surface area contributed by atoms with Crippen molar-refractivity contribution in [3.63, 3.8) is 0 Å². The second-order valence-electron chi connectivity index (χ2n) is 5.48. The quantitative estimate of drug-likeness (QED) is 0.332. The van der Waals surface area contributed by atoms with Crippen LogP contribution in [-0.2, 0) is 13.0 Å². The van der Waals surface area contributed by atoms with Gasteiger partial charge in [0, 0.05) is 50.6 Å². The highest BCUT2D eigenvalue weighted by Gasteiger charge is 2.04. The molecule has 140 valence electrons. The second kappa shape index (κ2) is 12.2. The molecule has 0 fully saturated rings. The third kappa shape index (κ3) is 7.38. The lowest BCUT2D eigenvalue weighted by molar-refractivity contribution is 0.0956. The predicted molar refractivity (Wildman–Crippen MR) is 116 cm³/mol. The van der Waals surface area contributed by atoms with E-state index in [0.29, 0.717) is 18.7 Å². The first kappa shape index (κ1) is 21.9. The first-order valence-corrected chi connectivity index (χ1v) is 8.44. The van der Waals surface area contributed by atoms with Crippen LogP contribution in [0.25, 0.3) is 0 Å². The van der Waals surface area contributed by atoms with Crippen LogP contribution < -0.4 is 16.0 Å². The number of pyridine rings is 1. The van der Waals surface area contributed by atoms with E-state index in [9.17, 15) is 4.79 Å². The Morgan fingerprint density at radius 1 is 1.08 bits per heavy atom. The molecule has 1 aromatic heterocycles. The fraction of sp³-hybridized carbons (Fsp3) is 0.316. The number of benzene rings is 1. The Labute approximate surface area is 171 Å². The number of aromatic nitrogens is 1. The molecule has 0 bridgehead atoms. The van der Waals surface area contributed by atoms with E-state index in [2.05, 4.69) is 25.9 Å². The van der Waals surface area contributed by atoms with Crippen LogP contribution in [0.4, 0.5) is 0 Å². The zero-order valence-corrected chi connectivity index (χ0v) is 17.5. The first-order chi connectivity index (χ1) is 12.2. The van der Waals surface area contributed by atoms with Crippen LogP contribution in [0.2, 0.25) is 0 Å². The number of guanidine groups is 1. The van der Waals surface area contributed by atoms with Crippen molar-refractivity contribution in [1.82, 2.24) is 20.9 Å². The number of aliphatic imine (C=N–C) groups is 1.